The number of benzene rings is 3. The highest BCUT2D eigenvalue weighted by atomic mass is 15.0. The van der Waals surface area contributed by atoms with Crippen molar-refractivity contribution in [3.05, 3.63) is 60.7 Å². The van der Waals surface area contributed by atoms with E-state index in [9.17, 15) is 0 Å². The molecule has 0 aliphatic heterocycles. The average molecular weight is 284 g/mol. The van der Waals surface area contributed by atoms with E-state index >= 15 is 0 Å². The molecule has 0 unspecified atom stereocenters. The van der Waals surface area contributed by atoms with Gasteiger partial charge in [-0.2, -0.15) is 0 Å². The van der Waals surface area contributed by atoms with E-state index in [1.165, 1.54) is 43.6 Å². The molecule has 0 spiro atoms. The molecule has 3 aromatic carbocycles. The lowest BCUT2D eigenvalue weighted by Gasteiger charge is -2.00. The topological polar surface area (TPSA) is 9.86 Å². The molecule has 0 atom stereocenters. The Kier molecular flexibility index (Phi) is 2.11. The van der Waals surface area contributed by atoms with Gasteiger partial charge in [-0.25, -0.2) is 0 Å². The lowest BCUT2D eigenvalue weighted by atomic mass is 10.1. The van der Waals surface area contributed by atoms with Crippen LogP contribution in [-0.2, 0) is 14.1 Å². The smallest absolute Gasteiger partial charge is 0.0510 e. The van der Waals surface area contributed by atoms with E-state index in [4.69, 9.17) is 0 Å². The Morgan fingerprint density at radius 1 is 0.500 bits per heavy atom. The van der Waals surface area contributed by atoms with Crippen molar-refractivity contribution < 1.29 is 0 Å². The SMILES string of the molecule is Cn1c2ccccc2c2cc3c4ccccc4n(C)c3cc21. The van der Waals surface area contributed by atoms with E-state index in [0.29, 0.717) is 0 Å². The monoisotopic (exact) mass is 284 g/mol. The first-order valence-corrected chi connectivity index (χ1v) is 7.60. The van der Waals surface area contributed by atoms with Crippen molar-refractivity contribution in [3.8, 4) is 0 Å². The van der Waals surface area contributed by atoms with Gasteiger partial charge in [0.1, 0.15) is 0 Å². The summed E-state index contributed by atoms with van der Waals surface area (Å²) in [6.45, 7) is 0. The van der Waals surface area contributed by atoms with Crippen LogP contribution >= 0.6 is 0 Å². The maximum Gasteiger partial charge on any atom is 0.0510 e. The molecule has 0 amide bonds. The Balaban J connectivity index is 2.11. The van der Waals surface area contributed by atoms with Gasteiger partial charge in [-0.3, -0.25) is 0 Å². The highest BCUT2D eigenvalue weighted by Gasteiger charge is 2.13. The van der Waals surface area contributed by atoms with Crippen LogP contribution in [0.25, 0.3) is 43.6 Å². The molecule has 0 aliphatic rings. The minimum absolute atomic E-state index is 1.29. The highest BCUT2D eigenvalue weighted by Crippen LogP contribution is 2.35. The summed E-state index contributed by atoms with van der Waals surface area (Å²) in [5.74, 6) is 0. The summed E-state index contributed by atoms with van der Waals surface area (Å²) >= 11 is 0. The van der Waals surface area contributed by atoms with Crippen LogP contribution in [0.1, 0.15) is 0 Å². The van der Waals surface area contributed by atoms with Crippen LogP contribution < -0.4 is 0 Å². The van der Waals surface area contributed by atoms with E-state index < -0.39 is 0 Å². The second-order valence-electron chi connectivity index (χ2n) is 6.04. The summed E-state index contributed by atoms with van der Waals surface area (Å²) < 4.78 is 4.59. The van der Waals surface area contributed by atoms with Crippen LogP contribution in [-0.4, -0.2) is 9.13 Å². The van der Waals surface area contributed by atoms with Gasteiger partial charge in [-0.1, -0.05) is 36.4 Å². The minimum atomic E-state index is 1.29. The first-order chi connectivity index (χ1) is 10.8. The summed E-state index contributed by atoms with van der Waals surface area (Å²) in [6.07, 6.45) is 0. The predicted molar refractivity (Wildman–Crippen MR) is 94.4 cm³/mol. The van der Waals surface area contributed by atoms with Crippen molar-refractivity contribution in [3.63, 3.8) is 0 Å². The molecule has 0 aliphatic carbocycles. The van der Waals surface area contributed by atoms with Crippen molar-refractivity contribution >= 4 is 43.6 Å². The molecule has 2 heterocycles. The molecule has 0 N–H and O–H groups in total. The van der Waals surface area contributed by atoms with Crippen molar-refractivity contribution in [2.24, 2.45) is 14.1 Å². The number of rotatable bonds is 0. The molecular weight excluding hydrogens is 268 g/mol. The third-order valence-electron chi connectivity index (χ3n) is 4.95. The summed E-state index contributed by atoms with van der Waals surface area (Å²) in [5, 5.41) is 5.33. The van der Waals surface area contributed by atoms with Gasteiger partial charge < -0.3 is 9.13 Å². The Hall–Kier alpha value is -2.74. The molecule has 0 bridgehead atoms. The molecule has 5 rings (SSSR count). The lowest BCUT2D eigenvalue weighted by molar-refractivity contribution is 1.00. The van der Waals surface area contributed by atoms with Gasteiger partial charge in [0.05, 0.1) is 11.0 Å². The molecule has 0 radical (unpaired) electrons. The van der Waals surface area contributed by atoms with Crippen LogP contribution in [0.4, 0.5) is 0 Å². The normalized spacial score (nSPS) is 12.1. The molecule has 5 aromatic rings. The number of hydrogen-bond donors (Lipinski definition) is 0. The molecule has 22 heavy (non-hydrogen) atoms. The predicted octanol–water partition coefficient (Wildman–Crippen LogP) is 4.98. The quantitative estimate of drug-likeness (QED) is 0.380. The molecule has 2 nitrogen and oxygen atoms in total. The summed E-state index contributed by atoms with van der Waals surface area (Å²) in [4.78, 5) is 0. The Bertz CT molecular complexity index is 1100. The van der Waals surface area contributed by atoms with Crippen molar-refractivity contribution in [1.82, 2.24) is 9.13 Å². The lowest BCUT2D eigenvalue weighted by Crippen LogP contribution is -1.89. The Morgan fingerprint density at radius 3 is 1.45 bits per heavy atom. The Labute approximate surface area is 128 Å². The Morgan fingerprint density at radius 2 is 0.955 bits per heavy atom. The summed E-state index contributed by atoms with van der Waals surface area (Å²) in [5.41, 5.74) is 5.16. The zero-order valence-electron chi connectivity index (χ0n) is 12.7. The number of nitrogens with zero attached hydrogens (tertiary/aromatic N) is 2. The largest absolute Gasteiger partial charge is 0.344 e. The van der Waals surface area contributed by atoms with E-state index in [1.54, 1.807) is 0 Å². The van der Waals surface area contributed by atoms with Crippen molar-refractivity contribution in [2.45, 2.75) is 0 Å². The van der Waals surface area contributed by atoms with Crippen molar-refractivity contribution in [1.29, 1.82) is 0 Å². The van der Waals surface area contributed by atoms with Gasteiger partial charge >= 0.3 is 0 Å². The van der Waals surface area contributed by atoms with E-state index in [1.807, 2.05) is 0 Å². The maximum absolute atomic E-state index is 2.36. The first-order valence-electron chi connectivity index (χ1n) is 7.60. The second-order valence-corrected chi connectivity index (χ2v) is 6.04. The minimum Gasteiger partial charge on any atom is -0.344 e. The molecular formula is C20H16N2. The van der Waals surface area contributed by atoms with Gasteiger partial charge in [-0.05, 0) is 24.3 Å². The fourth-order valence-corrected chi connectivity index (χ4v) is 3.81. The number of para-hydroxylation sites is 2. The molecule has 2 heteroatoms. The summed E-state index contributed by atoms with van der Waals surface area (Å²) in [7, 11) is 4.30. The van der Waals surface area contributed by atoms with Crippen LogP contribution in [0.2, 0.25) is 0 Å². The first kappa shape index (κ1) is 11.9. The molecule has 2 aromatic heterocycles. The highest BCUT2D eigenvalue weighted by molar-refractivity contribution is 6.17. The molecule has 0 fully saturated rings. The van der Waals surface area contributed by atoms with E-state index in [2.05, 4.69) is 83.9 Å². The number of aromatic nitrogens is 2. The third-order valence-corrected chi connectivity index (χ3v) is 4.95. The van der Waals surface area contributed by atoms with Gasteiger partial charge in [0, 0.05) is 46.7 Å². The molecule has 0 saturated heterocycles. The van der Waals surface area contributed by atoms with Crippen molar-refractivity contribution in [2.75, 3.05) is 0 Å². The standard InChI is InChI=1S/C20H16N2/c1-21-17-9-5-3-7-13(17)15-11-16-14-8-4-6-10-18(14)22(2)20(16)12-19(15)21/h3-12H,1-2H3. The average Bonchev–Trinajstić information content (AvgIpc) is 3.01. The van der Waals surface area contributed by atoms with Gasteiger partial charge in [0.15, 0.2) is 0 Å². The number of aryl methyl sites for hydroxylation is 2. The number of fused-ring (bicyclic) bond motifs is 6. The van der Waals surface area contributed by atoms with Crippen LogP contribution in [0.3, 0.4) is 0 Å². The van der Waals surface area contributed by atoms with Gasteiger partial charge in [-0.15, -0.1) is 0 Å². The van der Waals surface area contributed by atoms with Gasteiger partial charge in [0.2, 0.25) is 0 Å². The third kappa shape index (κ3) is 1.30. The zero-order chi connectivity index (χ0) is 14.8. The van der Waals surface area contributed by atoms with Crippen LogP contribution in [0, 0.1) is 0 Å². The maximum atomic E-state index is 2.36. The van der Waals surface area contributed by atoms with Gasteiger partial charge in [0.25, 0.3) is 0 Å². The van der Waals surface area contributed by atoms with Crippen LogP contribution in [0.15, 0.2) is 60.7 Å². The van der Waals surface area contributed by atoms with E-state index in [0.717, 1.165) is 0 Å². The van der Waals surface area contributed by atoms with E-state index in [-0.39, 0.29) is 0 Å². The van der Waals surface area contributed by atoms with Crippen LogP contribution in [0.5, 0.6) is 0 Å². The fraction of sp³-hybridized carbons (Fsp3) is 0.100. The molecule has 106 valence electrons. The summed E-state index contributed by atoms with van der Waals surface area (Å²) in [6, 6.07) is 22.0. The fourth-order valence-electron chi connectivity index (χ4n) is 3.81. The number of hydrogen-bond acceptors (Lipinski definition) is 0. The zero-order valence-corrected chi connectivity index (χ0v) is 12.7. The second kappa shape index (κ2) is 3.92. The molecule has 0 saturated carbocycles.